The third kappa shape index (κ3) is 3.59. The molecule has 0 bridgehead atoms. The maximum absolute atomic E-state index is 6.26. The Morgan fingerprint density at radius 2 is 2.06 bits per heavy atom. The van der Waals surface area contributed by atoms with Crippen molar-refractivity contribution in [2.45, 2.75) is 32.4 Å². The van der Waals surface area contributed by atoms with E-state index >= 15 is 0 Å². The molecule has 8 heteroatoms. The van der Waals surface area contributed by atoms with Crippen LogP contribution >= 0.6 is 0 Å². The van der Waals surface area contributed by atoms with Gasteiger partial charge in [0.2, 0.25) is 0 Å². The quantitative estimate of drug-likeness (QED) is 0.516. The van der Waals surface area contributed by atoms with Gasteiger partial charge < -0.3 is 20.9 Å². The molecule has 0 radical (unpaired) electrons. The number of hydrogen-bond donors (Lipinski definition) is 2. The van der Waals surface area contributed by atoms with Crippen molar-refractivity contribution >= 4 is 22.7 Å². The minimum atomic E-state index is 0.196. The molecular formula is C23H26N8. The summed E-state index contributed by atoms with van der Waals surface area (Å²) in [5, 5.41) is 0. The van der Waals surface area contributed by atoms with Crippen molar-refractivity contribution in [2.24, 2.45) is 5.73 Å². The minimum absolute atomic E-state index is 0.196. The van der Waals surface area contributed by atoms with Crippen LogP contribution < -0.4 is 16.4 Å². The average molecular weight is 415 g/mol. The maximum atomic E-state index is 6.26. The number of nitrogen functional groups attached to an aromatic ring is 1. The number of benzene rings is 1. The first-order valence-electron chi connectivity index (χ1n) is 10.6. The van der Waals surface area contributed by atoms with E-state index in [9.17, 15) is 0 Å². The predicted octanol–water partition coefficient (Wildman–Crippen LogP) is 2.62. The second-order valence-corrected chi connectivity index (χ2v) is 8.03. The van der Waals surface area contributed by atoms with E-state index < -0.39 is 0 Å². The molecule has 1 atom stereocenters. The van der Waals surface area contributed by atoms with Crippen LogP contribution in [0.3, 0.4) is 0 Å². The van der Waals surface area contributed by atoms with Crippen LogP contribution in [0.15, 0.2) is 49.3 Å². The Bertz CT molecular complexity index is 1220. The summed E-state index contributed by atoms with van der Waals surface area (Å²) >= 11 is 0. The fraction of sp³-hybridized carbons (Fsp3) is 0.304. The van der Waals surface area contributed by atoms with Crippen molar-refractivity contribution < 1.29 is 0 Å². The normalized spacial score (nSPS) is 16.3. The monoisotopic (exact) mass is 414 g/mol. The van der Waals surface area contributed by atoms with Crippen LogP contribution in [0.5, 0.6) is 0 Å². The van der Waals surface area contributed by atoms with Gasteiger partial charge in [0.05, 0.1) is 12.9 Å². The number of fused-ring (bicyclic) bond motifs is 1. The van der Waals surface area contributed by atoms with Gasteiger partial charge in [-0.15, -0.1) is 0 Å². The highest BCUT2D eigenvalue weighted by molar-refractivity contribution is 5.81. The van der Waals surface area contributed by atoms with E-state index in [1.54, 1.807) is 12.5 Å². The van der Waals surface area contributed by atoms with Gasteiger partial charge in [-0.1, -0.05) is 19.1 Å². The van der Waals surface area contributed by atoms with Crippen LogP contribution in [0.1, 0.15) is 24.5 Å². The van der Waals surface area contributed by atoms with E-state index in [1.807, 2.05) is 16.8 Å². The van der Waals surface area contributed by atoms with Gasteiger partial charge in [-0.2, -0.15) is 0 Å². The summed E-state index contributed by atoms with van der Waals surface area (Å²) in [5.74, 6) is 0.400. The molecule has 158 valence electrons. The fourth-order valence-corrected chi connectivity index (χ4v) is 4.39. The van der Waals surface area contributed by atoms with Crippen LogP contribution in [0.25, 0.3) is 22.3 Å². The third-order valence-electron chi connectivity index (χ3n) is 6.02. The van der Waals surface area contributed by atoms with E-state index in [1.165, 1.54) is 28.7 Å². The largest absolute Gasteiger partial charge is 0.382 e. The minimum Gasteiger partial charge on any atom is -0.382 e. The highest BCUT2D eigenvalue weighted by Gasteiger charge is 2.24. The van der Waals surface area contributed by atoms with Gasteiger partial charge in [0, 0.05) is 42.8 Å². The number of aromatic nitrogens is 5. The van der Waals surface area contributed by atoms with Gasteiger partial charge in [0.25, 0.3) is 0 Å². The number of nitrogens with zero attached hydrogens (tertiary/aromatic N) is 6. The molecule has 4 heterocycles. The SMILES string of the molecule is CCc1cc(-c2cccnc2)cc(N2CCC(N)C2)c1Cn1cnc2c(N)ncnc21. The van der Waals surface area contributed by atoms with Crippen LogP contribution in [0.4, 0.5) is 11.5 Å². The molecule has 8 nitrogen and oxygen atoms in total. The summed E-state index contributed by atoms with van der Waals surface area (Å²) in [6, 6.07) is 8.81. The number of imidazole rings is 1. The second kappa shape index (κ2) is 7.96. The summed E-state index contributed by atoms with van der Waals surface area (Å²) in [7, 11) is 0. The first kappa shape index (κ1) is 19.4. The molecule has 1 fully saturated rings. The molecular weight excluding hydrogens is 388 g/mol. The molecule has 1 aromatic carbocycles. The molecule has 1 unspecified atom stereocenters. The summed E-state index contributed by atoms with van der Waals surface area (Å²) < 4.78 is 2.05. The lowest BCUT2D eigenvalue weighted by Crippen LogP contribution is -2.27. The summed E-state index contributed by atoms with van der Waals surface area (Å²) in [6.07, 6.45) is 8.91. The summed E-state index contributed by atoms with van der Waals surface area (Å²) in [4.78, 5) is 19.6. The Labute approximate surface area is 181 Å². The number of hydrogen-bond acceptors (Lipinski definition) is 7. The van der Waals surface area contributed by atoms with Crippen molar-refractivity contribution in [3.63, 3.8) is 0 Å². The van der Waals surface area contributed by atoms with Crippen molar-refractivity contribution in [2.75, 3.05) is 23.7 Å². The molecule has 4 N–H and O–H groups in total. The number of aryl methyl sites for hydroxylation is 1. The maximum Gasteiger partial charge on any atom is 0.165 e. The Morgan fingerprint density at radius 1 is 1.16 bits per heavy atom. The summed E-state index contributed by atoms with van der Waals surface area (Å²) in [6.45, 7) is 4.65. The van der Waals surface area contributed by atoms with Gasteiger partial charge in [0.1, 0.15) is 11.8 Å². The van der Waals surface area contributed by atoms with Crippen LogP contribution in [0.2, 0.25) is 0 Å². The Kier molecular flexibility index (Phi) is 4.99. The zero-order valence-corrected chi connectivity index (χ0v) is 17.6. The highest BCUT2D eigenvalue weighted by Crippen LogP contribution is 2.34. The molecule has 0 saturated carbocycles. The lowest BCUT2D eigenvalue weighted by Gasteiger charge is -2.25. The lowest BCUT2D eigenvalue weighted by atomic mass is 9.95. The standard InChI is InChI=1S/C23H26N8/c1-2-15-8-17(16-4-3-6-26-10-16)9-20(30-7-5-18(24)11-30)19(15)12-31-14-29-21-22(25)27-13-28-23(21)31/h3-4,6,8-10,13-14,18H,2,5,7,11-12,24H2,1H3,(H2,25,27,28). The summed E-state index contributed by atoms with van der Waals surface area (Å²) in [5.41, 5.74) is 19.7. The first-order chi connectivity index (χ1) is 15.1. The molecule has 5 rings (SSSR count). The molecule has 0 aliphatic carbocycles. The predicted molar refractivity (Wildman–Crippen MR) is 123 cm³/mol. The van der Waals surface area contributed by atoms with Crippen molar-refractivity contribution in [3.8, 4) is 11.1 Å². The van der Waals surface area contributed by atoms with E-state index in [0.29, 0.717) is 17.9 Å². The van der Waals surface area contributed by atoms with Gasteiger partial charge in [-0.25, -0.2) is 15.0 Å². The van der Waals surface area contributed by atoms with Gasteiger partial charge >= 0.3 is 0 Å². The molecule has 3 aromatic heterocycles. The molecule has 0 spiro atoms. The first-order valence-corrected chi connectivity index (χ1v) is 10.6. The van der Waals surface area contributed by atoms with E-state index in [0.717, 1.165) is 37.1 Å². The average Bonchev–Trinajstić information content (AvgIpc) is 3.41. The smallest absolute Gasteiger partial charge is 0.165 e. The van der Waals surface area contributed by atoms with Crippen molar-refractivity contribution in [3.05, 3.63) is 60.4 Å². The van der Waals surface area contributed by atoms with Crippen LogP contribution in [0, 0.1) is 0 Å². The zero-order chi connectivity index (χ0) is 21.4. The Hall–Kier alpha value is -3.52. The van der Waals surface area contributed by atoms with E-state index in [2.05, 4.69) is 50.0 Å². The second-order valence-electron chi connectivity index (χ2n) is 8.03. The van der Waals surface area contributed by atoms with Gasteiger partial charge in [-0.3, -0.25) is 4.98 Å². The molecule has 1 aliphatic heterocycles. The molecule has 1 saturated heterocycles. The third-order valence-corrected chi connectivity index (χ3v) is 6.02. The van der Waals surface area contributed by atoms with Crippen LogP contribution in [-0.2, 0) is 13.0 Å². The van der Waals surface area contributed by atoms with Crippen molar-refractivity contribution in [1.29, 1.82) is 0 Å². The van der Waals surface area contributed by atoms with Gasteiger partial charge in [0.15, 0.2) is 11.5 Å². The number of pyridine rings is 1. The Balaban J connectivity index is 1.65. The fourth-order valence-electron chi connectivity index (χ4n) is 4.39. The van der Waals surface area contributed by atoms with E-state index in [4.69, 9.17) is 11.5 Å². The topological polar surface area (TPSA) is 112 Å². The Morgan fingerprint density at radius 3 is 2.81 bits per heavy atom. The molecule has 1 aliphatic rings. The highest BCUT2D eigenvalue weighted by atomic mass is 15.2. The number of nitrogens with two attached hydrogens (primary N) is 2. The number of anilines is 2. The van der Waals surface area contributed by atoms with E-state index in [-0.39, 0.29) is 6.04 Å². The lowest BCUT2D eigenvalue weighted by molar-refractivity contribution is 0.750. The molecule has 0 amide bonds. The van der Waals surface area contributed by atoms with Crippen LogP contribution in [-0.4, -0.2) is 43.6 Å². The van der Waals surface area contributed by atoms with Gasteiger partial charge in [-0.05, 0) is 41.7 Å². The zero-order valence-electron chi connectivity index (χ0n) is 17.6. The molecule has 4 aromatic rings. The molecule has 31 heavy (non-hydrogen) atoms. The number of rotatable bonds is 5. The van der Waals surface area contributed by atoms with Crippen molar-refractivity contribution in [1.82, 2.24) is 24.5 Å².